The van der Waals surface area contributed by atoms with Gasteiger partial charge in [-0.1, -0.05) is 6.07 Å². The highest BCUT2D eigenvalue weighted by molar-refractivity contribution is 6.12. The van der Waals surface area contributed by atoms with Crippen LogP contribution in [0.2, 0.25) is 0 Å². The van der Waals surface area contributed by atoms with E-state index in [9.17, 15) is 0 Å². The molecule has 0 radical (unpaired) electrons. The zero-order valence-corrected chi connectivity index (χ0v) is 15.0. The van der Waals surface area contributed by atoms with Crippen molar-refractivity contribution in [1.29, 1.82) is 0 Å². The first kappa shape index (κ1) is 15.4. The molecule has 132 valence electrons. The minimum atomic E-state index is 0.101. The van der Waals surface area contributed by atoms with E-state index in [1.54, 1.807) is 0 Å². The standard InChI is InChI=1S/C20H20N4O2/c1-10(2)25-15-6-4-5-13-17(15)16-11(3)18(21-9-14(16)22-13)20-24-23-19(26-20)12-7-8-12/h4-6,9-10,12,22H,7-8H2,1-3H3. The van der Waals surface area contributed by atoms with E-state index in [-0.39, 0.29) is 6.10 Å². The number of nitrogens with one attached hydrogen (secondary N) is 1. The molecule has 0 aliphatic heterocycles. The second kappa shape index (κ2) is 5.56. The third-order valence-corrected chi connectivity index (χ3v) is 4.80. The highest BCUT2D eigenvalue weighted by Crippen LogP contribution is 2.41. The Kier molecular flexibility index (Phi) is 3.29. The van der Waals surface area contributed by atoms with E-state index < -0.39 is 0 Å². The van der Waals surface area contributed by atoms with E-state index >= 15 is 0 Å². The molecule has 0 bridgehead atoms. The van der Waals surface area contributed by atoms with E-state index in [2.05, 4.69) is 26.2 Å². The van der Waals surface area contributed by atoms with Crippen LogP contribution in [0.5, 0.6) is 5.75 Å². The number of hydrogen-bond acceptors (Lipinski definition) is 5. The van der Waals surface area contributed by atoms with Crippen molar-refractivity contribution in [2.75, 3.05) is 0 Å². The van der Waals surface area contributed by atoms with Gasteiger partial charge in [0, 0.05) is 16.7 Å². The molecule has 0 saturated heterocycles. The highest BCUT2D eigenvalue weighted by Gasteiger charge is 2.30. The van der Waals surface area contributed by atoms with Crippen molar-refractivity contribution < 1.29 is 9.15 Å². The molecule has 1 aromatic carbocycles. The van der Waals surface area contributed by atoms with E-state index in [0.717, 1.165) is 57.5 Å². The molecular formula is C20H20N4O2. The van der Waals surface area contributed by atoms with Gasteiger partial charge in [-0.2, -0.15) is 0 Å². The summed E-state index contributed by atoms with van der Waals surface area (Å²) in [6.45, 7) is 6.11. The number of H-pyrrole nitrogens is 1. The smallest absolute Gasteiger partial charge is 0.266 e. The van der Waals surface area contributed by atoms with Gasteiger partial charge in [0.05, 0.1) is 23.3 Å². The van der Waals surface area contributed by atoms with Crippen LogP contribution in [0, 0.1) is 6.92 Å². The fourth-order valence-corrected chi connectivity index (χ4v) is 3.46. The number of fused-ring (bicyclic) bond motifs is 3. The average molecular weight is 348 g/mol. The first-order valence-corrected chi connectivity index (χ1v) is 9.02. The Hall–Kier alpha value is -2.89. The largest absolute Gasteiger partial charge is 0.490 e. The summed E-state index contributed by atoms with van der Waals surface area (Å²) in [5.74, 6) is 2.51. The molecule has 1 aliphatic rings. The molecule has 1 N–H and O–H groups in total. The van der Waals surface area contributed by atoms with Crippen LogP contribution in [0.15, 0.2) is 28.8 Å². The summed E-state index contributed by atoms with van der Waals surface area (Å²) in [7, 11) is 0. The van der Waals surface area contributed by atoms with Crippen molar-refractivity contribution in [3.8, 4) is 17.3 Å². The van der Waals surface area contributed by atoms with Gasteiger partial charge in [-0.3, -0.25) is 0 Å². The molecule has 6 heteroatoms. The number of aryl methyl sites for hydroxylation is 1. The Morgan fingerprint density at radius 3 is 2.77 bits per heavy atom. The summed E-state index contributed by atoms with van der Waals surface area (Å²) in [4.78, 5) is 8.02. The van der Waals surface area contributed by atoms with Gasteiger partial charge in [-0.15, -0.1) is 10.2 Å². The summed E-state index contributed by atoms with van der Waals surface area (Å²) in [6, 6.07) is 6.06. The van der Waals surface area contributed by atoms with Crippen LogP contribution in [-0.2, 0) is 0 Å². The molecule has 4 aromatic rings. The molecule has 0 atom stereocenters. The molecule has 0 spiro atoms. The van der Waals surface area contributed by atoms with E-state index in [1.165, 1.54) is 0 Å². The Morgan fingerprint density at radius 1 is 1.15 bits per heavy atom. The highest BCUT2D eigenvalue weighted by atomic mass is 16.5. The van der Waals surface area contributed by atoms with Gasteiger partial charge < -0.3 is 14.1 Å². The zero-order valence-electron chi connectivity index (χ0n) is 15.0. The van der Waals surface area contributed by atoms with Crippen molar-refractivity contribution in [3.05, 3.63) is 35.9 Å². The van der Waals surface area contributed by atoms with Crippen LogP contribution in [0.3, 0.4) is 0 Å². The minimum Gasteiger partial charge on any atom is -0.490 e. The molecule has 6 nitrogen and oxygen atoms in total. The lowest BCUT2D eigenvalue weighted by Gasteiger charge is -2.11. The quantitative estimate of drug-likeness (QED) is 0.576. The molecule has 1 saturated carbocycles. The van der Waals surface area contributed by atoms with Gasteiger partial charge in [0.15, 0.2) is 0 Å². The maximum atomic E-state index is 6.05. The summed E-state index contributed by atoms with van der Waals surface area (Å²) >= 11 is 0. The van der Waals surface area contributed by atoms with Gasteiger partial charge in [-0.05, 0) is 51.3 Å². The fourth-order valence-electron chi connectivity index (χ4n) is 3.46. The number of nitrogens with zero attached hydrogens (tertiary/aromatic N) is 3. The molecule has 1 fully saturated rings. The van der Waals surface area contributed by atoms with Crippen LogP contribution in [-0.4, -0.2) is 26.3 Å². The van der Waals surface area contributed by atoms with Crippen molar-refractivity contribution in [2.45, 2.75) is 45.6 Å². The topological polar surface area (TPSA) is 76.8 Å². The van der Waals surface area contributed by atoms with Crippen LogP contribution >= 0.6 is 0 Å². The first-order valence-electron chi connectivity index (χ1n) is 9.02. The van der Waals surface area contributed by atoms with E-state index in [0.29, 0.717) is 11.8 Å². The second-order valence-corrected chi connectivity index (χ2v) is 7.21. The van der Waals surface area contributed by atoms with Crippen molar-refractivity contribution in [2.24, 2.45) is 0 Å². The number of aromatic amines is 1. The number of ether oxygens (including phenoxy) is 1. The van der Waals surface area contributed by atoms with Crippen molar-refractivity contribution in [3.63, 3.8) is 0 Å². The van der Waals surface area contributed by atoms with Gasteiger partial charge in [0.1, 0.15) is 11.4 Å². The summed E-state index contributed by atoms with van der Waals surface area (Å²) in [5, 5.41) is 10.6. The summed E-state index contributed by atoms with van der Waals surface area (Å²) < 4.78 is 11.9. The van der Waals surface area contributed by atoms with Crippen LogP contribution in [0.1, 0.15) is 44.1 Å². The number of pyridine rings is 1. The predicted octanol–water partition coefficient (Wildman–Crippen LogP) is 4.74. The van der Waals surface area contributed by atoms with Crippen LogP contribution in [0.25, 0.3) is 33.4 Å². The summed E-state index contributed by atoms with van der Waals surface area (Å²) in [5.41, 5.74) is 3.75. The molecule has 1 aliphatic carbocycles. The van der Waals surface area contributed by atoms with Crippen LogP contribution in [0.4, 0.5) is 0 Å². The van der Waals surface area contributed by atoms with Crippen LogP contribution < -0.4 is 4.74 Å². The maximum absolute atomic E-state index is 6.05. The lowest BCUT2D eigenvalue weighted by Crippen LogP contribution is -2.05. The monoisotopic (exact) mass is 348 g/mol. The average Bonchev–Trinajstić information content (AvgIpc) is 3.20. The molecule has 26 heavy (non-hydrogen) atoms. The maximum Gasteiger partial charge on any atom is 0.266 e. The number of aromatic nitrogens is 4. The SMILES string of the molecule is Cc1c(-c2nnc(C3CC3)o2)ncc2[nH]c3cccc(OC(C)C)c3c12. The Balaban J connectivity index is 1.73. The number of rotatable bonds is 4. The molecule has 0 amide bonds. The molecule has 3 heterocycles. The van der Waals surface area contributed by atoms with E-state index in [1.807, 2.05) is 39.1 Å². The molecule has 5 rings (SSSR count). The van der Waals surface area contributed by atoms with Crippen molar-refractivity contribution in [1.82, 2.24) is 20.2 Å². The minimum absolute atomic E-state index is 0.101. The molecule has 0 unspecified atom stereocenters. The Morgan fingerprint density at radius 2 is 2.00 bits per heavy atom. The second-order valence-electron chi connectivity index (χ2n) is 7.21. The van der Waals surface area contributed by atoms with Gasteiger partial charge in [-0.25, -0.2) is 4.98 Å². The zero-order chi connectivity index (χ0) is 17.8. The normalized spacial score (nSPS) is 14.6. The lowest BCUT2D eigenvalue weighted by atomic mass is 10.1. The molecule has 3 aromatic heterocycles. The van der Waals surface area contributed by atoms with Gasteiger partial charge >= 0.3 is 0 Å². The first-order chi connectivity index (χ1) is 12.6. The van der Waals surface area contributed by atoms with Crippen molar-refractivity contribution >= 4 is 21.8 Å². The predicted molar refractivity (Wildman–Crippen MR) is 99.4 cm³/mol. The summed E-state index contributed by atoms with van der Waals surface area (Å²) in [6.07, 6.45) is 4.19. The third-order valence-electron chi connectivity index (χ3n) is 4.80. The lowest BCUT2D eigenvalue weighted by molar-refractivity contribution is 0.245. The Labute approximate surface area is 150 Å². The fraction of sp³-hybridized carbons (Fsp3) is 0.350. The Bertz CT molecular complexity index is 1120. The number of benzene rings is 1. The number of hydrogen-bond donors (Lipinski definition) is 1. The van der Waals surface area contributed by atoms with Gasteiger partial charge in [0.25, 0.3) is 5.89 Å². The molecular weight excluding hydrogens is 328 g/mol. The van der Waals surface area contributed by atoms with Gasteiger partial charge in [0.2, 0.25) is 5.89 Å². The third kappa shape index (κ3) is 2.36. The van der Waals surface area contributed by atoms with E-state index in [4.69, 9.17) is 9.15 Å².